The second kappa shape index (κ2) is 10.7. The van der Waals surface area contributed by atoms with E-state index in [2.05, 4.69) is 92.0 Å². The summed E-state index contributed by atoms with van der Waals surface area (Å²) in [6.45, 7) is 26.9. The maximum absolute atomic E-state index is 11.1. The van der Waals surface area contributed by atoms with E-state index < -0.39 is 39.5 Å². The molecule has 0 bridgehead atoms. The van der Waals surface area contributed by atoms with Crippen molar-refractivity contribution >= 4 is 16.6 Å². The standard InChI is InChI=1S/C33H53NO5Si2/c1-29(2,3)40(9,10)38-25-18-19-32(23-34)28-27(36-31(7,8)37-28)26(39-41(11,12)30(4,5)6)21-33(32,20-25)35-22-24-16-14-13-15-17-24/h13-19,25-28H,20-22H2,1-12H3/t25-,26-,27+,28+,32+,33+/m0/s1. The number of nitrogens with zero attached hydrogens (tertiary/aromatic N) is 1. The normalized spacial score (nSPS) is 33.6. The SMILES string of the molecule is CC1(C)O[C@@H]2[C@@H](O[Si](C)(C)C(C)(C)C)C[C@]3(OCc4ccccc4)C[C@@H](O[Si](C)(C)C(C)(C)C)C=C[C@@]3(C#N)[C@@H]2O1. The molecule has 1 heterocycles. The molecule has 1 saturated carbocycles. The smallest absolute Gasteiger partial charge is 0.192 e. The van der Waals surface area contributed by atoms with E-state index in [-0.39, 0.29) is 28.4 Å². The number of hydrogen-bond acceptors (Lipinski definition) is 6. The summed E-state index contributed by atoms with van der Waals surface area (Å²) in [5, 5.41) is 11.1. The third-order valence-electron chi connectivity index (χ3n) is 10.4. The zero-order valence-corrected chi connectivity index (χ0v) is 29.5. The average Bonchev–Trinajstić information content (AvgIpc) is 3.18. The third kappa shape index (κ3) is 6.06. The van der Waals surface area contributed by atoms with Crippen molar-refractivity contribution in [3.63, 3.8) is 0 Å². The van der Waals surface area contributed by atoms with E-state index in [0.29, 0.717) is 19.4 Å². The molecule has 0 amide bonds. The highest BCUT2D eigenvalue weighted by molar-refractivity contribution is 6.74. The number of hydrogen-bond donors (Lipinski definition) is 0. The first-order valence-electron chi connectivity index (χ1n) is 15.2. The van der Waals surface area contributed by atoms with E-state index in [0.717, 1.165) is 5.56 Å². The third-order valence-corrected chi connectivity index (χ3v) is 19.4. The Morgan fingerprint density at radius 3 is 2.05 bits per heavy atom. The van der Waals surface area contributed by atoms with E-state index in [1.165, 1.54) is 0 Å². The van der Waals surface area contributed by atoms with Crippen LogP contribution >= 0.6 is 0 Å². The number of rotatable bonds is 7. The lowest BCUT2D eigenvalue weighted by Gasteiger charge is -2.58. The molecule has 3 aliphatic rings. The molecular weight excluding hydrogens is 547 g/mol. The van der Waals surface area contributed by atoms with Crippen molar-refractivity contribution in [3.05, 3.63) is 48.0 Å². The maximum atomic E-state index is 11.1. The van der Waals surface area contributed by atoms with Crippen molar-refractivity contribution in [2.45, 2.75) is 147 Å². The molecule has 0 N–H and O–H groups in total. The fraction of sp³-hybridized carbons (Fsp3) is 0.727. The van der Waals surface area contributed by atoms with E-state index in [1.807, 2.05) is 38.1 Å². The monoisotopic (exact) mass is 599 g/mol. The molecule has 8 heteroatoms. The lowest BCUT2D eigenvalue weighted by atomic mass is 9.56. The van der Waals surface area contributed by atoms with Gasteiger partial charge in [-0.1, -0.05) is 84.0 Å². The molecule has 41 heavy (non-hydrogen) atoms. The van der Waals surface area contributed by atoms with Crippen LogP contribution in [0.3, 0.4) is 0 Å². The topological polar surface area (TPSA) is 69.9 Å². The van der Waals surface area contributed by atoms with Gasteiger partial charge < -0.3 is 23.1 Å². The van der Waals surface area contributed by atoms with Gasteiger partial charge >= 0.3 is 0 Å². The molecular formula is C33H53NO5Si2. The molecule has 6 atom stereocenters. The lowest BCUT2D eigenvalue weighted by molar-refractivity contribution is -0.212. The van der Waals surface area contributed by atoms with Gasteiger partial charge in [0.25, 0.3) is 0 Å². The number of ether oxygens (including phenoxy) is 3. The minimum absolute atomic E-state index is 0.0136. The van der Waals surface area contributed by atoms with Crippen molar-refractivity contribution in [3.8, 4) is 6.07 Å². The fourth-order valence-electron chi connectivity index (χ4n) is 5.97. The summed E-state index contributed by atoms with van der Waals surface area (Å²) in [6.07, 6.45) is 3.84. The molecule has 2 fully saturated rings. The molecule has 1 aliphatic heterocycles. The van der Waals surface area contributed by atoms with Crippen molar-refractivity contribution in [1.82, 2.24) is 0 Å². The van der Waals surface area contributed by atoms with Crippen LogP contribution in [0, 0.1) is 16.7 Å². The largest absolute Gasteiger partial charge is 0.411 e. The molecule has 1 aromatic rings. The van der Waals surface area contributed by atoms with Crippen LogP contribution in [0.2, 0.25) is 36.3 Å². The van der Waals surface area contributed by atoms with Crippen LogP contribution in [-0.2, 0) is 29.7 Å². The molecule has 0 spiro atoms. The summed E-state index contributed by atoms with van der Waals surface area (Å²) in [5.74, 6) is -0.841. The Morgan fingerprint density at radius 1 is 0.902 bits per heavy atom. The van der Waals surface area contributed by atoms with Gasteiger partial charge in [0.15, 0.2) is 22.4 Å². The van der Waals surface area contributed by atoms with Gasteiger partial charge in [0.05, 0.1) is 30.5 Å². The highest BCUT2D eigenvalue weighted by Gasteiger charge is 2.70. The van der Waals surface area contributed by atoms with E-state index >= 15 is 0 Å². The Balaban J connectivity index is 1.83. The Bertz CT molecular complexity index is 1160. The Hall–Kier alpha value is -1.32. The second-order valence-corrected chi connectivity index (χ2v) is 25.4. The fourth-order valence-corrected chi connectivity index (χ4v) is 8.57. The molecule has 0 unspecified atom stereocenters. The van der Waals surface area contributed by atoms with E-state index in [4.69, 9.17) is 23.1 Å². The molecule has 6 nitrogen and oxygen atoms in total. The summed E-state index contributed by atoms with van der Waals surface area (Å²) in [7, 11) is -4.31. The van der Waals surface area contributed by atoms with Crippen LogP contribution in [0.5, 0.6) is 0 Å². The number of fused-ring (bicyclic) bond motifs is 3. The Morgan fingerprint density at radius 2 is 1.49 bits per heavy atom. The predicted molar refractivity (Wildman–Crippen MR) is 168 cm³/mol. The van der Waals surface area contributed by atoms with Gasteiger partial charge in [0, 0.05) is 12.8 Å². The van der Waals surface area contributed by atoms with Crippen molar-refractivity contribution < 1.29 is 23.1 Å². The summed E-state index contributed by atoms with van der Waals surface area (Å²) >= 11 is 0. The lowest BCUT2D eigenvalue weighted by Crippen LogP contribution is -2.69. The van der Waals surface area contributed by atoms with Crippen LogP contribution in [0.15, 0.2) is 42.5 Å². The summed E-state index contributed by atoms with van der Waals surface area (Å²) < 4.78 is 34.4. The Labute approximate surface area is 251 Å². The first kappa shape index (κ1) is 32.6. The van der Waals surface area contributed by atoms with Crippen LogP contribution in [0.25, 0.3) is 0 Å². The van der Waals surface area contributed by atoms with E-state index in [9.17, 15) is 5.26 Å². The molecule has 2 aliphatic carbocycles. The highest BCUT2D eigenvalue weighted by atomic mass is 28.4. The molecule has 228 valence electrons. The summed E-state index contributed by atoms with van der Waals surface area (Å²) in [6, 6.07) is 12.9. The van der Waals surface area contributed by atoms with Crippen molar-refractivity contribution in [2.24, 2.45) is 5.41 Å². The summed E-state index contributed by atoms with van der Waals surface area (Å²) in [4.78, 5) is 0. The van der Waals surface area contributed by atoms with Gasteiger partial charge in [-0.05, 0) is 55.7 Å². The predicted octanol–water partition coefficient (Wildman–Crippen LogP) is 8.12. The number of nitriles is 1. The molecule has 0 aromatic heterocycles. The molecule has 1 aromatic carbocycles. The minimum atomic E-state index is -2.21. The quantitative estimate of drug-likeness (QED) is 0.233. The van der Waals surface area contributed by atoms with Gasteiger partial charge in [0.1, 0.15) is 17.6 Å². The van der Waals surface area contributed by atoms with Crippen LogP contribution in [-0.4, -0.2) is 52.4 Å². The van der Waals surface area contributed by atoms with Crippen molar-refractivity contribution in [2.75, 3.05) is 0 Å². The van der Waals surface area contributed by atoms with Gasteiger partial charge in [-0.3, -0.25) is 0 Å². The molecule has 1 saturated heterocycles. The van der Waals surface area contributed by atoms with Crippen LogP contribution in [0.1, 0.15) is 73.8 Å². The Kier molecular flexibility index (Phi) is 8.50. The van der Waals surface area contributed by atoms with Gasteiger partial charge in [0.2, 0.25) is 0 Å². The van der Waals surface area contributed by atoms with Gasteiger partial charge in [-0.25, -0.2) is 0 Å². The highest BCUT2D eigenvalue weighted by Crippen LogP contribution is 2.59. The molecule has 0 radical (unpaired) electrons. The first-order valence-corrected chi connectivity index (χ1v) is 21.0. The number of benzene rings is 1. The zero-order chi connectivity index (χ0) is 30.7. The van der Waals surface area contributed by atoms with Gasteiger partial charge in [-0.15, -0.1) is 0 Å². The second-order valence-electron chi connectivity index (χ2n) is 15.9. The van der Waals surface area contributed by atoms with Gasteiger partial charge in [-0.2, -0.15) is 5.26 Å². The zero-order valence-electron chi connectivity index (χ0n) is 27.5. The first-order chi connectivity index (χ1) is 18.7. The minimum Gasteiger partial charge on any atom is -0.411 e. The van der Waals surface area contributed by atoms with Crippen LogP contribution < -0.4 is 0 Å². The van der Waals surface area contributed by atoms with E-state index in [1.54, 1.807) is 0 Å². The average molecular weight is 600 g/mol. The maximum Gasteiger partial charge on any atom is 0.192 e. The summed E-state index contributed by atoms with van der Waals surface area (Å²) in [5.41, 5.74) is -0.879. The molecule has 4 rings (SSSR count). The van der Waals surface area contributed by atoms with Crippen molar-refractivity contribution in [1.29, 1.82) is 5.26 Å². The van der Waals surface area contributed by atoms with Crippen LogP contribution in [0.4, 0.5) is 0 Å².